The Hall–Kier alpha value is -0.900. The van der Waals surface area contributed by atoms with Gasteiger partial charge in [-0.15, -0.1) is 5.10 Å². The van der Waals surface area contributed by atoms with Crippen molar-refractivity contribution < 1.29 is 0 Å². The van der Waals surface area contributed by atoms with Gasteiger partial charge in [-0.2, -0.15) is 0 Å². The standard InChI is InChI=1S/C15H28N4/c1-15(2,3)16-10-12-8-6-5-7-9-13(12)14-11-17-18-19(14)4/h11-13,16H,5-10H2,1-4H3. The van der Waals surface area contributed by atoms with Gasteiger partial charge in [0, 0.05) is 18.5 Å². The minimum atomic E-state index is 0.196. The van der Waals surface area contributed by atoms with Gasteiger partial charge in [0.25, 0.3) is 0 Å². The van der Waals surface area contributed by atoms with E-state index in [0.29, 0.717) is 11.8 Å². The molecule has 0 bridgehead atoms. The maximum Gasteiger partial charge on any atom is 0.0728 e. The van der Waals surface area contributed by atoms with E-state index in [2.05, 4.69) is 36.4 Å². The number of nitrogens with one attached hydrogen (secondary N) is 1. The van der Waals surface area contributed by atoms with Crippen LogP contribution in [-0.2, 0) is 7.05 Å². The van der Waals surface area contributed by atoms with Crippen LogP contribution in [0.25, 0.3) is 0 Å². The van der Waals surface area contributed by atoms with E-state index in [1.54, 1.807) is 0 Å². The van der Waals surface area contributed by atoms with E-state index in [4.69, 9.17) is 0 Å². The van der Waals surface area contributed by atoms with Gasteiger partial charge in [0.2, 0.25) is 0 Å². The highest BCUT2D eigenvalue weighted by Crippen LogP contribution is 2.35. The van der Waals surface area contributed by atoms with Crippen molar-refractivity contribution in [3.63, 3.8) is 0 Å². The third kappa shape index (κ3) is 4.03. The number of hydrogen-bond acceptors (Lipinski definition) is 3. The molecule has 1 aromatic heterocycles. The van der Waals surface area contributed by atoms with Gasteiger partial charge in [0.05, 0.1) is 11.9 Å². The lowest BCUT2D eigenvalue weighted by atomic mass is 9.85. The first-order valence-electron chi connectivity index (χ1n) is 7.57. The molecule has 0 aliphatic heterocycles. The topological polar surface area (TPSA) is 42.7 Å². The van der Waals surface area contributed by atoms with Crippen molar-refractivity contribution in [1.82, 2.24) is 20.3 Å². The highest BCUT2D eigenvalue weighted by Gasteiger charge is 2.28. The minimum absolute atomic E-state index is 0.196. The Morgan fingerprint density at radius 2 is 2.00 bits per heavy atom. The lowest BCUT2D eigenvalue weighted by Crippen LogP contribution is -2.40. The first kappa shape index (κ1) is 14.5. The Morgan fingerprint density at radius 1 is 1.26 bits per heavy atom. The summed E-state index contributed by atoms with van der Waals surface area (Å²) in [5.41, 5.74) is 1.50. The van der Waals surface area contributed by atoms with Crippen LogP contribution in [0.2, 0.25) is 0 Å². The van der Waals surface area contributed by atoms with Gasteiger partial charge in [-0.1, -0.05) is 24.5 Å². The molecule has 0 radical (unpaired) electrons. The number of aryl methyl sites for hydroxylation is 1. The fourth-order valence-corrected chi connectivity index (χ4v) is 3.09. The molecule has 1 aliphatic rings. The first-order chi connectivity index (χ1) is 8.97. The molecule has 108 valence electrons. The maximum absolute atomic E-state index is 4.11. The second-order valence-electron chi connectivity index (χ2n) is 6.92. The Labute approximate surface area is 117 Å². The van der Waals surface area contributed by atoms with Gasteiger partial charge in [-0.05, 0) is 46.1 Å². The van der Waals surface area contributed by atoms with Crippen molar-refractivity contribution in [3.8, 4) is 0 Å². The number of rotatable bonds is 3. The van der Waals surface area contributed by atoms with Gasteiger partial charge >= 0.3 is 0 Å². The quantitative estimate of drug-likeness (QED) is 0.854. The Kier molecular flexibility index (Phi) is 4.61. The van der Waals surface area contributed by atoms with Crippen LogP contribution in [0.3, 0.4) is 0 Å². The van der Waals surface area contributed by atoms with Gasteiger partial charge in [-0.3, -0.25) is 4.68 Å². The average molecular weight is 264 g/mol. The lowest BCUT2D eigenvalue weighted by molar-refractivity contribution is 0.315. The molecule has 1 saturated carbocycles. The van der Waals surface area contributed by atoms with Gasteiger partial charge in [0.15, 0.2) is 0 Å². The van der Waals surface area contributed by atoms with Crippen LogP contribution in [0.4, 0.5) is 0 Å². The fraction of sp³-hybridized carbons (Fsp3) is 0.867. The van der Waals surface area contributed by atoms with E-state index >= 15 is 0 Å². The molecule has 0 aromatic carbocycles. The fourth-order valence-electron chi connectivity index (χ4n) is 3.09. The van der Waals surface area contributed by atoms with Crippen molar-refractivity contribution >= 4 is 0 Å². The third-order valence-corrected chi connectivity index (χ3v) is 4.18. The molecule has 1 fully saturated rings. The SMILES string of the molecule is Cn1nncc1C1CCCCCC1CNC(C)(C)C. The van der Waals surface area contributed by atoms with Crippen LogP contribution >= 0.6 is 0 Å². The average Bonchev–Trinajstić information content (AvgIpc) is 2.62. The van der Waals surface area contributed by atoms with Crippen molar-refractivity contribution in [1.29, 1.82) is 0 Å². The number of aromatic nitrogens is 3. The highest BCUT2D eigenvalue weighted by molar-refractivity contribution is 5.06. The second kappa shape index (κ2) is 6.04. The monoisotopic (exact) mass is 264 g/mol. The van der Waals surface area contributed by atoms with Crippen molar-refractivity contribution in [2.24, 2.45) is 13.0 Å². The van der Waals surface area contributed by atoms with Crippen LogP contribution in [0, 0.1) is 5.92 Å². The summed E-state index contributed by atoms with van der Waals surface area (Å²) in [6.07, 6.45) is 8.62. The summed E-state index contributed by atoms with van der Waals surface area (Å²) < 4.78 is 1.96. The predicted molar refractivity (Wildman–Crippen MR) is 78.1 cm³/mol. The molecule has 2 unspecified atom stereocenters. The molecule has 2 atom stereocenters. The Morgan fingerprint density at radius 3 is 2.63 bits per heavy atom. The lowest BCUT2D eigenvalue weighted by Gasteiger charge is -2.29. The first-order valence-corrected chi connectivity index (χ1v) is 7.57. The summed E-state index contributed by atoms with van der Waals surface area (Å²) in [4.78, 5) is 0. The molecule has 0 saturated heterocycles. The zero-order valence-electron chi connectivity index (χ0n) is 12.8. The normalized spacial score (nSPS) is 25.3. The smallest absolute Gasteiger partial charge is 0.0728 e. The van der Waals surface area contributed by atoms with Gasteiger partial charge < -0.3 is 5.32 Å². The molecule has 0 spiro atoms. The molecular weight excluding hydrogens is 236 g/mol. The van der Waals surface area contributed by atoms with E-state index < -0.39 is 0 Å². The summed E-state index contributed by atoms with van der Waals surface area (Å²) in [7, 11) is 2.02. The molecule has 4 nitrogen and oxygen atoms in total. The van der Waals surface area contributed by atoms with Gasteiger partial charge in [-0.25, -0.2) is 0 Å². The summed E-state index contributed by atoms with van der Waals surface area (Å²) in [5.74, 6) is 1.32. The third-order valence-electron chi connectivity index (χ3n) is 4.18. The second-order valence-corrected chi connectivity index (χ2v) is 6.92. The summed E-state index contributed by atoms with van der Waals surface area (Å²) in [6.45, 7) is 7.82. The van der Waals surface area contributed by atoms with Gasteiger partial charge in [0.1, 0.15) is 0 Å². The molecule has 1 N–H and O–H groups in total. The molecular formula is C15H28N4. The molecule has 19 heavy (non-hydrogen) atoms. The van der Waals surface area contributed by atoms with E-state index in [1.165, 1.54) is 37.8 Å². The van der Waals surface area contributed by atoms with Crippen LogP contribution in [-0.4, -0.2) is 27.1 Å². The summed E-state index contributed by atoms with van der Waals surface area (Å²) in [5, 5.41) is 11.9. The van der Waals surface area contributed by atoms with E-state index in [0.717, 1.165) is 6.54 Å². The van der Waals surface area contributed by atoms with Crippen LogP contribution in [0.1, 0.15) is 64.5 Å². The number of hydrogen-bond donors (Lipinski definition) is 1. The van der Waals surface area contributed by atoms with Crippen molar-refractivity contribution in [3.05, 3.63) is 11.9 Å². The molecule has 4 heteroatoms. The molecule has 2 rings (SSSR count). The maximum atomic E-state index is 4.11. The number of nitrogens with zero attached hydrogens (tertiary/aromatic N) is 3. The Balaban J connectivity index is 2.10. The Bertz CT molecular complexity index is 391. The van der Waals surface area contributed by atoms with E-state index in [-0.39, 0.29) is 5.54 Å². The van der Waals surface area contributed by atoms with E-state index in [9.17, 15) is 0 Å². The zero-order chi connectivity index (χ0) is 13.9. The van der Waals surface area contributed by atoms with Crippen LogP contribution in [0.15, 0.2) is 6.20 Å². The highest BCUT2D eigenvalue weighted by atomic mass is 15.4. The van der Waals surface area contributed by atoms with Crippen LogP contribution in [0.5, 0.6) is 0 Å². The molecule has 0 amide bonds. The summed E-state index contributed by atoms with van der Waals surface area (Å²) >= 11 is 0. The molecule has 1 aliphatic carbocycles. The van der Waals surface area contributed by atoms with Crippen LogP contribution < -0.4 is 5.32 Å². The van der Waals surface area contributed by atoms with Crippen molar-refractivity contribution in [2.45, 2.75) is 64.3 Å². The van der Waals surface area contributed by atoms with Crippen molar-refractivity contribution in [2.75, 3.05) is 6.54 Å². The predicted octanol–water partition coefficient (Wildman–Crippen LogP) is 2.87. The minimum Gasteiger partial charge on any atom is -0.312 e. The summed E-state index contributed by atoms with van der Waals surface area (Å²) in [6, 6.07) is 0. The largest absolute Gasteiger partial charge is 0.312 e. The molecule has 1 aromatic rings. The van der Waals surface area contributed by atoms with E-state index in [1.807, 2.05) is 17.9 Å². The zero-order valence-corrected chi connectivity index (χ0v) is 12.8. The molecule has 1 heterocycles.